The van der Waals surface area contributed by atoms with Crippen molar-refractivity contribution in [1.82, 2.24) is 0 Å². The van der Waals surface area contributed by atoms with Gasteiger partial charge in [0.05, 0.1) is 18.2 Å². The number of hydrogen-bond donors (Lipinski definition) is 1. The summed E-state index contributed by atoms with van der Waals surface area (Å²) in [7, 11) is 0. The summed E-state index contributed by atoms with van der Waals surface area (Å²) in [6, 6.07) is 8.16. The number of hydrogen-bond acceptors (Lipinski definition) is 3. The van der Waals surface area contributed by atoms with Crippen LogP contribution in [0.3, 0.4) is 0 Å². The topological polar surface area (TPSA) is 44.5 Å². The van der Waals surface area contributed by atoms with Gasteiger partial charge in [-0.2, -0.15) is 0 Å². The lowest BCUT2D eigenvalue weighted by molar-refractivity contribution is -0.0830. The van der Waals surface area contributed by atoms with Gasteiger partial charge in [-0.15, -0.1) is 0 Å². The molecular formula is C18H29NO2. The lowest BCUT2D eigenvalue weighted by atomic mass is 9.77. The van der Waals surface area contributed by atoms with Gasteiger partial charge in [-0.05, 0) is 43.9 Å². The van der Waals surface area contributed by atoms with Crippen LogP contribution in [0.5, 0.6) is 5.75 Å². The molecule has 0 heterocycles. The van der Waals surface area contributed by atoms with Gasteiger partial charge in [0.15, 0.2) is 0 Å². The zero-order valence-electron chi connectivity index (χ0n) is 13.4. The largest absolute Gasteiger partial charge is 0.494 e. The third-order valence-corrected chi connectivity index (χ3v) is 4.41. The van der Waals surface area contributed by atoms with Crippen molar-refractivity contribution in [2.75, 3.05) is 13.2 Å². The number of ether oxygens (including phenoxy) is 2. The predicted molar refractivity (Wildman–Crippen MR) is 86.6 cm³/mol. The maximum Gasteiger partial charge on any atom is 0.119 e. The van der Waals surface area contributed by atoms with Crippen LogP contribution in [0.4, 0.5) is 0 Å². The summed E-state index contributed by atoms with van der Waals surface area (Å²) in [6.07, 6.45) is 6.88. The van der Waals surface area contributed by atoms with Crippen LogP contribution < -0.4 is 10.5 Å². The van der Waals surface area contributed by atoms with Crippen molar-refractivity contribution in [2.24, 2.45) is 5.73 Å². The van der Waals surface area contributed by atoms with Crippen LogP contribution in [0.2, 0.25) is 0 Å². The first-order chi connectivity index (χ1) is 10.2. The monoisotopic (exact) mass is 291 g/mol. The molecule has 0 amide bonds. The second-order valence-corrected chi connectivity index (χ2v) is 5.95. The Balaban J connectivity index is 2.10. The van der Waals surface area contributed by atoms with Crippen LogP contribution in [0, 0.1) is 0 Å². The van der Waals surface area contributed by atoms with Crippen LogP contribution in [0.15, 0.2) is 24.3 Å². The van der Waals surface area contributed by atoms with E-state index in [2.05, 4.69) is 26.0 Å². The minimum Gasteiger partial charge on any atom is -0.494 e. The van der Waals surface area contributed by atoms with E-state index in [1.807, 2.05) is 12.1 Å². The Morgan fingerprint density at radius 3 is 2.33 bits per heavy atom. The molecule has 0 saturated heterocycles. The van der Waals surface area contributed by atoms with Gasteiger partial charge in [0.1, 0.15) is 5.75 Å². The maximum absolute atomic E-state index is 6.58. The fourth-order valence-corrected chi connectivity index (χ4v) is 3.28. The Labute approximate surface area is 128 Å². The summed E-state index contributed by atoms with van der Waals surface area (Å²) < 4.78 is 11.8. The van der Waals surface area contributed by atoms with E-state index in [0.717, 1.165) is 43.8 Å². The highest BCUT2D eigenvalue weighted by molar-refractivity contribution is 5.30. The Kier molecular flexibility index (Phi) is 6.07. The van der Waals surface area contributed by atoms with E-state index < -0.39 is 0 Å². The Bertz CT molecular complexity index is 404. The van der Waals surface area contributed by atoms with E-state index >= 15 is 0 Å². The van der Waals surface area contributed by atoms with Crippen LogP contribution in [-0.2, 0) is 4.74 Å². The molecule has 1 saturated carbocycles. The zero-order valence-corrected chi connectivity index (χ0v) is 13.4. The van der Waals surface area contributed by atoms with E-state index in [-0.39, 0.29) is 11.6 Å². The van der Waals surface area contributed by atoms with Gasteiger partial charge in [-0.25, -0.2) is 0 Å². The molecule has 1 fully saturated rings. The summed E-state index contributed by atoms with van der Waals surface area (Å²) in [6.45, 7) is 5.66. The molecule has 0 bridgehead atoms. The minimum atomic E-state index is -0.182. The van der Waals surface area contributed by atoms with E-state index in [4.69, 9.17) is 15.2 Å². The molecule has 0 aromatic heterocycles. The second-order valence-electron chi connectivity index (χ2n) is 5.95. The molecule has 1 aliphatic rings. The Morgan fingerprint density at radius 2 is 1.76 bits per heavy atom. The highest BCUT2D eigenvalue weighted by Crippen LogP contribution is 2.40. The number of benzene rings is 1. The normalized spacial score (nSPS) is 19.2. The minimum absolute atomic E-state index is 0.0574. The maximum atomic E-state index is 6.58. The Hall–Kier alpha value is -1.06. The molecule has 2 rings (SSSR count). The third kappa shape index (κ3) is 3.98. The van der Waals surface area contributed by atoms with E-state index in [1.165, 1.54) is 19.3 Å². The molecule has 0 aliphatic heterocycles. The van der Waals surface area contributed by atoms with Gasteiger partial charge < -0.3 is 15.2 Å². The van der Waals surface area contributed by atoms with Crippen LogP contribution in [-0.4, -0.2) is 18.8 Å². The SMILES string of the molecule is CCCOc1ccc(C(N)C2(OCC)CCCCC2)cc1. The van der Waals surface area contributed by atoms with Crippen LogP contribution in [0.1, 0.15) is 64.0 Å². The van der Waals surface area contributed by atoms with E-state index in [9.17, 15) is 0 Å². The highest BCUT2D eigenvalue weighted by Gasteiger charge is 2.39. The van der Waals surface area contributed by atoms with E-state index in [1.54, 1.807) is 0 Å². The molecular weight excluding hydrogens is 262 g/mol. The first-order valence-electron chi connectivity index (χ1n) is 8.34. The molecule has 1 aromatic carbocycles. The van der Waals surface area contributed by atoms with Gasteiger partial charge >= 0.3 is 0 Å². The third-order valence-electron chi connectivity index (χ3n) is 4.41. The predicted octanol–water partition coefficient (Wildman–Crippen LogP) is 4.21. The molecule has 118 valence electrons. The quantitative estimate of drug-likeness (QED) is 0.818. The van der Waals surface area contributed by atoms with Crippen molar-refractivity contribution in [3.05, 3.63) is 29.8 Å². The van der Waals surface area contributed by atoms with Crippen molar-refractivity contribution >= 4 is 0 Å². The molecule has 0 spiro atoms. The second kappa shape index (κ2) is 7.81. The molecule has 3 heteroatoms. The van der Waals surface area contributed by atoms with Crippen molar-refractivity contribution in [3.8, 4) is 5.75 Å². The smallest absolute Gasteiger partial charge is 0.119 e. The molecule has 21 heavy (non-hydrogen) atoms. The van der Waals surface area contributed by atoms with Crippen molar-refractivity contribution in [3.63, 3.8) is 0 Å². The van der Waals surface area contributed by atoms with Crippen molar-refractivity contribution in [1.29, 1.82) is 0 Å². The molecule has 2 N–H and O–H groups in total. The summed E-state index contributed by atoms with van der Waals surface area (Å²) in [5.74, 6) is 0.918. The molecule has 1 aromatic rings. The van der Waals surface area contributed by atoms with Crippen molar-refractivity contribution in [2.45, 2.75) is 64.0 Å². The van der Waals surface area contributed by atoms with Gasteiger partial charge in [0.25, 0.3) is 0 Å². The lowest BCUT2D eigenvalue weighted by Crippen LogP contribution is -2.45. The first-order valence-corrected chi connectivity index (χ1v) is 8.34. The molecule has 0 radical (unpaired) electrons. The summed E-state index contributed by atoms with van der Waals surface area (Å²) in [5, 5.41) is 0. The fraction of sp³-hybridized carbons (Fsp3) is 0.667. The molecule has 1 unspecified atom stereocenters. The molecule has 1 aliphatic carbocycles. The summed E-state index contributed by atoms with van der Waals surface area (Å²) >= 11 is 0. The summed E-state index contributed by atoms with van der Waals surface area (Å²) in [5.41, 5.74) is 7.54. The van der Waals surface area contributed by atoms with Gasteiger partial charge in [0, 0.05) is 6.61 Å². The van der Waals surface area contributed by atoms with E-state index in [0.29, 0.717) is 0 Å². The summed E-state index contributed by atoms with van der Waals surface area (Å²) in [4.78, 5) is 0. The Morgan fingerprint density at radius 1 is 1.10 bits per heavy atom. The fourth-order valence-electron chi connectivity index (χ4n) is 3.28. The number of nitrogens with two attached hydrogens (primary N) is 1. The number of rotatable bonds is 7. The molecule has 1 atom stereocenters. The standard InChI is InChI=1S/C18H29NO2/c1-3-14-20-16-10-8-15(9-11-16)17(19)18(21-4-2)12-6-5-7-13-18/h8-11,17H,3-7,12-14,19H2,1-2H3. The highest BCUT2D eigenvalue weighted by atomic mass is 16.5. The average Bonchev–Trinajstić information content (AvgIpc) is 2.54. The van der Waals surface area contributed by atoms with Gasteiger partial charge in [0.2, 0.25) is 0 Å². The molecule has 3 nitrogen and oxygen atoms in total. The van der Waals surface area contributed by atoms with Crippen molar-refractivity contribution < 1.29 is 9.47 Å². The first kappa shape index (κ1) is 16.3. The van der Waals surface area contributed by atoms with Crippen LogP contribution in [0.25, 0.3) is 0 Å². The lowest BCUT2D eigenvalue weighted by Gasteiger charge is -2.41. The van der Waals surface area contributed by atoms with Gasteiger partial charge in [-0.1, -0.05) is 38.3 Å². The zero-order chi connectivity index (χ0) is 15.1. The van der Waals surface area contributed by atoms with Crippen LogP contribution >= 0.6 is 0 Å². The van der Waals surface area contributed by atoms with Gasteiger partial charge in [-0.3, -0.25) is 0 Å². The average molecular weight is 291 g/mol.